The number of hydrogen-bond acceptors (Lipinski definition) is 4. The van der Waals surface area contributed by atoms with Crippen LogP contribution in [0.4, 0.5) is 0 Å². The van der Waals surface area contributed by atoms with Crippen molar-refractivity contribution in [2.24, 2.45) is 0 Å². The van der Waals surface area contributed by atoms with Crippen molar-refractivity contribution in [3.8, 4) is 0 Å². The first kappa shape index (κ1) is 15.5. The quantitative estimate of drug-likeness (QED) is 0.725. The van der Waals surface area contributed by atoms with Crippen molar-refractivity contribution in [2.45, 2.75) is 26.8 Å². The molecular formula is C15H17ClN6O. The topological polar surface area (TPSA) is 77.1 Å². The molecule has 3 aromatic heterocycles. The summed E-state index contributed by atoms with van der Waals surface area (Å²) >= 11 is 6.11. The predicted octanol–water partition coefficient (Wildman–Crippen LogP) is 2.02. The van der Waals surface area contributed by atoms with Gasteiger partial charge in [0, 0.05) is 31.5 Å². The second-order valence-electron chi connectivity index (χ2n) is 5.27. The van der Waals surface area contributed by atoms with Crippen molar-refractivity contribution in [3.63, 3.8) is 0 Å². The summed E-state index contributed by atoms with van der Waals surface area (Å²) in [7, 11) is 0. The predicted molar refractivity (Wildman–Crippen MR) is 86.6 cm³/mol. The van der Waals surface area contributed by atoms with Crippen LogP contribution < -0.4 is 5.32 Å². The minimum absolute atomic E-state index is 0.207. The van der Waals surface area contributed by atoms with Gasteiger partial charge in [-0.05, 0) is 26.3 Å². The molecule has 23 heavy (non-hydrogen) atoms. The van der Waals surface area contributed by atoms with Crippen molar-refractivity contribution in [1.82, 2.24) is 29.7 Å². The first-order valence-electron chi connectivity index (χ1n) is 7.34. The van der Waals surface area contributed by atoms with Crippen LogP contribution in [0.3, 0.4) is 0 Å². The van der Waals surface area contributed by atoms with Crippen LogP contribution in [0, 0.1) is 13.8 Å². The van der Waals surface area contributed by atoms with Crippen molar-refractivity contribution >= 4 is 23.2 Å². The minimum Gasteiger partial charge on any atom is -0.351 e. The zero-order valence-corrected chi connectivity index (χ0v) is 13.7. The van der Waals surface area contributed by atoms with E-state index in [2.05, 4.69) is 20.5 Å². The van der Waals surface area contributed by atoms with E-state index in [1.165, 1.54) is 0 Å². The second kappa shape index (κ2) is 6.37. The lowest BCUT2D eigenvalue weighted by atomic mass is 10.3. The number of carbonyl (C=O) groups excluding carboxylic acids is 1. The number of carbonyl (C=O) groups is 1. The zero-order valence-electron chi connectivity index (χ0n) is 13.0. The molecule has 8 heteroatoms. The van der Waals surface area contributed by atoms with Crippen LogP contribution in [0.2, 0.25) is 5.02 Å². The molecule has 0 aromatic carbocycles. The molecule has 3 heterocycles. The van der Waals surface area contributed by atoms with E-state index in [4.69, 9.17) is 11.6 Å². The summed E-state index contributed by atoms with van der Waals surface area (Å²) in [5, 5.41) is 12.1. The van der Waals surface area contributed by atoms with Crippen LogP contribution in [0.25, 0.3) is 5.65 Å². The fraction of sp³-hybridized carbons (Fsp3) is 0.333. The molecule has 0 radical (unpaired) electrons. The van der Waals surface area contributed by atoms with Gasteiger partial charge in [0.2, 0.25) is 0 Å². The van der Waals surface area contributed by atoms with Gasteiger partial charge in [-0.3, -0.25) is 9.48 Å². The Morgan fingerprint density at radius 3 is 2.87 bits per heavy atom. The normalized spacial score (nSPS) is 11.1. The summed E-state index contributed by atoms with van der Waals surface area (Å²) in [4.78, 5) is 16.2. The number of nitrogens with zero attached hydrogens (tertiary/aromatic N) is 5. The monoisotopic (exact) mass is 332 g/mol. The molecule has 0 fully saturated rings. The van der Waals surface area contributed by atoms with Gasteiger partial charge in [-0.15, -0.1) is 0 Å². The van der Waals surface area contributed by atoms with E-state index in [0.29, 0.717) is 29.5 Å². The molecule has 1 N–H and O–H groups in total. The first-order valence-corrected chi connectivity index (χ1v) is 7.72. The SMILES string of the molecule is Cc1nn(CCCNC(=O)c2cc3ncccn3n2)c(C)c1Cl. The number of amides is 1. The van der Waals surface area contributed by atoms with Crippen LogP contribution in [-0.4, -0.2) is 36.8 Å². The van der Waals surface area contributed by atoms with Crippen LogP contribution in [-0.2, 0) is 6.54 Å². The molecule has 0 atom stereocenters. The van der Waals surface area contributed by atoms with Gasteiger partial charge in [-0.2, -0.15) is 10.2 Å². The Labute approximate surface area is 138 Å². The molecule has 0 bridgehead atoms. The Morgan fingerprint density at radius 2 is 2.17 bits per heavy atom. The maximum atomic E-state index is 12.1. The van der Waals surface area contributed by atoms with Gasteiger partial charge in [-0.1, -0.05) is 11.6 Å². The average Bonchev–Trinajstić information content (AvgIpc) is 3.08. The van der Waals surface area contributed by atoms with Crippen LogP contribution in [0.1, 0.15) is 28.3 Å². The third-order valence-electron chi connectivity index (χ3n) is 3.59. The highest BCUT2D eigenvalue weighted by atomic mass is 35.5. The number of rotatable bonds is 5. The molecule has 0 aliphatic rings. The molecule has 120 valence electrons. The van der Waals surface area contributed by atoms with Crippen molar-refractivity contribution in [1.29, 1.82) is 0 Å². The molecule has 3 aromatic rings. The van der Waals surface area contributed by atoms with Crippen molar-refractivity contribution in [3.05, 3.63) is 46.6 Å². The molecule has 0 aliphatic heterocycles. The lowest BCUT2D eigenvalue weighted by molar-refractivity contribution is 0.0947. The maximum Gasteiger partial charge on any atom is 0.271 e. The van der Waals surface area contributed by atoms with E-state index >= 15 is 0 Å². The molecule has 0 saturated heterocycles. The molecule has 3 rings (SSSR count). The number of aryl methyl sites for hydroxylation is 2. The summed E-state index contributed by atoms with van der Waals surface area (Å²) < 4.78 is 3.44. The number of aromatic nitrogens is 5. The van der Waals surface area contributed by atoms with Gasteiger partial charge in [0.1, 0.15) is 0 Å². The fourth-order valence-electron chi connectivity index (χ4n) is 2.36. The number of fused-ring (bicyclic) bond motifs is 1. The van der Waals surface area contributed by atoms with E-state index in [1.54, 1.807) is 29.0 Å². The summed E-state index contributed by atoms with van der Waals surface area (Å²) in [5.74, 6) is -0.207. The van der Waals surface area contributed by atoms with Gasteiger partial charge in [0.25, 0.3) is 5.91 Å². The highest BCUT2D eigenvalue weighted by Crippen LogP contribution is 2.18. The van der Waals surface area contributed by atoms with E-state index in [-0.39, 0.29) is 5.91 Å². The Kier molecular flexibility index (Phi) is 4.29. The highest BCUT2D eigenvalue weighted by molar-refractivity contribution is 6.31. The van der Waals surface area contributed by atoms with Gasteiger partial charge >= 0.3 is 0 Å². The number of halogens is 1. The Balaban J connectivity index is 1.54. The number of nitrogens with one attached hydrogen (secondary N) is 1. The van der Waals surface area contributed by atoms with E-state index in [9.17, 15) is 4.79 Å². The molecule has 0 unspecified atom stereocenters. The van der Waals surface area contributed by atoms with Crippen molar-refractivity contribution in [2.75, 3.05) is 6.54 Å². The van der Waals surface area contributed by atoms with Gasteiger partial charge in [-0.25, -0.2) is 9.50 Å². The molecule has 7 nitrogen and oxygen atoms in total. The van der Waals surface area contributed by atoms with Gasteiger partial charge in [0.15, 0.2) is 11.3 Å². The molecular weight excluding hydrogens is 316 g/mol. The smallest absolute Gasteiger partial charge is 0.271 e. The first-order chi connectivity index (χ1) is 11.1. The van der Waals surface area contributed by atoms with Crippen molar-refractivity contribution < 1.29 is 4.79 Å². The Morgan fingerprint density at radius 1 is 1.35 bits per heavy atom. The molecule has 1 amide bonds. The van der Waals surface area contributed by atoms with E-state index in [0.717, 1.165) is 17.8 Å². The summed E-state index contributed by atoms with van der Waals surface area (Å²) in [6.45, 7) is 5.05. The zero-order chi connectivity index (χ0) is 16.4. The lowest BCUT2D eigenvalue weighted by Gasteiger charge is -2.05. The maximum absolute atomic E-state index is 12.1. The number of hydrogen-bond donors (Lipinski definition) is 1. The van der Waals surface area contributed by atoms with Crippen LogP contribution in [0.5, 0.6) is 0 Å². The summed E-state index contributed by atoms with van der Waals surface area (Å²) in [6, 6.07) is 3.43. The Hall–Kier alpha value is -2.41. The summed E-state index contributed by atoms with van der Waals surface area (Å²) in [6.07, 6.45) is 4.18. The third-order valence-corrected chi connectivity index (χ3v) is 4.14. The van der Waals surface area contributed by atoms with E-state index in [1.807, 2.05) is 18.5 Å². The standard InChI is InChI=1S/C15H17ClN6O/c1-10-14(16)11(2)21(19-10)7-4-6-18-15(23)12-9-13-17-5-3-8-22(13)20-12/h3,5,8-9H,4,6-7H2,1-2H3,(H,18,23). The van der Waals surface area contributed by atoms with Crippen LogP contribution >= 0.6 is 11.6 Å². The van der Waals surface area contributed by atoms with E-state index < -0.39 is 0 Å². The Bertz CT molecular complexity index is 820. The largest absolute Gasteiger partial charge is 0.351 e. The molecule has 0 aliphatic carbocycles. The highest BCUT2D eigenvalue weighted by Gasteiger charge is 2.11. The van der Waals surface area contributed by atoms with Gasteiger partial charge in [0.05, 0.1) is 16.4 Å². The summed E-state index contributed by atoms with van der Waals surface area (Å²) in [5.41, 5.74) is 2.78. The minimum atomic E-state index is -0.207. The lowest BCUT2D eigenvalue weighted by Crippen LogP contribution is -2.25. The molecule has 0 spiro atoms. The average molecular weight is 333 g/mol. The fourth-order valence-corrected chi connectivity index (χ4v) is 2.49. The molecule has 0 saturated carbocycles. The second-order valence-corrected chi connectivity index (χ2v) is 5.65. The third kappa shape index (κ3) is 3.19. The van der Waals surface area contributed by atoms with Crippen LogP contribution in [0.15, 0.2) is 24.5 Å². The van der Waals surface area contributed by atoms with Gasteiger partial charge < -0.3 is 5.32 Å².